The summed E-state index contributed by atoms with van der Waals surface area (Å²) in [5.74, 6) is 0.0330. The van der Waals surface area contributed by atoms with Crippen LogP contribution in [0.4, 0.5) is 0 Å². The minimum absolute atomic E-state index is 0.109. The Morgan fingerprint density at radius 1 is 1.14 bits per heavy atom. The third-order valence-electron chi connectivity index (χ3n) is 3.85. The second-order valence-corrected chi connectivity index (χ2v) is 5.69. The number of fused-ring (bicyclic) bond motifs is 1. The number of hydrogen-bond donors (Lipinski definition) is 0. The maximum atomic E-state index is 12.0. The second-order valence-electron chi connectivity index (χ2n) is 5.69. The van der Waals surface area contributed by atoms with E-state index in [1.54, 1.807) is 0 Å². The summed E-state index contributed by atoms with van der Waals surface area (Å²) in [4.78, 5) is 16.7. The Morgan fingerprint density at radius 2 is 1.95 bits per heavy atom. The van der Waals surface area contributed by atoms with Crippen molar-refractivity contribution in [2.45, 2.75) is 51.9 Å². The van der Waals surface area contributed by atoms with Gasteiger partial charge in [-0.3, -0.25) is 9.78 Å². The van der Waals surface area contributed by atoms with Crippen molar-refractivity contribution in [2.24, 2.45) is 0 Å². The van der Waals surface area contributed by atoms with Crippen LogP contribution in [0.5, 0.6) is 0 Å². The van der Waals surface area contributed by atoms with E-state index in [-0.39, 0.29) is 11.9 Å². The number of carbonyl (C=O) groups excluding carboxylic acids is 1. The van der Waals surface area contributed by atoms with E-state index in [9.17, 15) is 4.79 Å². The number of ether oxygens (including phenoxy) is 1. The summed E-state index contributed by atoms with van der Waals surface area (Å²) >= 11 is 0. The van der Waals surface area contributed by atoms with Crippen LogP contribution in [0.1, 0.15) is 57.6 Å². The van der Waals surface area contributed by atoms with E-state index in [1.807, 2.05) is 24.3 Å². The van der Waals surface area contributed by atoms with Crippen molar-refractivity contribution in [1.82, 2.24) is 4.98 Å². The van der Waals surface area contributed by atoms with Gasteiger partial charge >= 0.3 is 5.97 Å². The van der Waals surface area contributed by atoms with Gasteiger partial charge in [-0.15, -0.1) is 0 Å². The lowest BCUT2D eigenvalue weighted by atomic mass is 9.95. The van der Waals surface area contributed by atoms with Gasteiger partial charge in [-0.25, -0.2) is 0 Å². The Hall–Kier alpha value is -1.90. The Balaban J connectivity index is 2.09. The van der Waals surface area contributed by atoms with Crippen molar-refractivity contribution in [3.05, 3.63) is 42.1 Å². The molecule has 0 saturated carbocycles. The molecule has 0 fully saturated rings. The molecular weight excluding hydrogens is 274 g/mol. The van der Waals surface area contributed by atoms with E-state index in [4.69, 9.17) is 9.72 Å². The SMILES string of the molecule is CCCCOC(=O)CC(CCC)c1ccc2ccccc2n1. The first-order valence-electron chi connectivity index (χ1n) is 8.26. The number of esters is 1. The summed E-state index contributed by atoms with van der Waals surface area (Å²) in [6.45, 7) is 4.75. The Labute approximate surface area is 132 Å². The van der Waals surface area contributed by atoms with E-state index in [0.717, 1.165) is 42.3 Å². The number of carbonyl (C=O) groups is 1. The van der Waals surface area contributed by atoms with Crippen molar-refractivity contribution in [3.8, 4) is 0 Å². The zero-order valence-electron chi connectivity index (χ0n) is 13.5. The molecule has 0 aliphatic carbocycles. The van der Waals surface area contributed by atoms with Crippen LogP contribution in [-0.2, 0) is 9.53 Å². The van der Waals surface area contributed by atoms with Gasteiger partial charge in [0, 0.05) is 17.0 Å². The van der Waals surface area contributed by atoms with E-state index < -0.39 is 0 Å². The van der Waals surface area contributed by atoms with E-state index in [1.165, 1.54) is 0 Å². The van der Waals surface area contributed by atoms with Crippen LogP contribution in [0.15, 0.2) is 36.4 Å². The van der Waals surface area contributed by atoms with Crippen LogP contribution in [-0.4, -0.2) is 17.6 Å². The van der Waals surface area contributed by atoms with Crippen molar-refractivity contribution < 1.29 is 9.53 Å². The monoisotopic (exact) mass is 299 g/mol. The molecule has 1 aromatic heterocycles. The average molecular weight is 299 g/mol. The number of pyridine rings is 1. The van der Waals surface area contributed by atoms with Crippen molar-refractivity contribution in [2.75, 3.05) is 6.61 Å². The highest BCUT2D eigenvalue weighted by Crippen LogP contribution is 2.26. The van der Waals surface area contributed by atoms with E-state index in [2.05, 4.69) is 26.0 Å². The maximum absolute atomic E-state index is 12.0. The predicted molar refractivity (Wildman–Crippen MR) is 89.9 cm³/mol. The minimum Gasteiger partial charge on any atom is -0.466 e. The molecule has 1 unspecified atom stereocenters. The van der Waals surface area contributed by atoms with Crippen molar-refractivity contribution in [3.63, 3.8) is 0 Å². The zero-order valence-corrected chi connectivity index (χ0v) is 13.5. The van der Waals surface area contributed by atoms with Gasteiger partial charge in [0.2, 0.25) is 0 Å². The fourth-order valence-electron chi connectivity index (χ4n) is 2.60. The molecule has 118 valence electrons. The molecule has 0 aliphatic rings. The summed E-state index contributed by atoms with van der Waals surface area (Å²) in [6, 6.07) is 12.2. The molecule has 3 nitrogen and oxygen atoms in total. The van der Waals surface area contributed by atoms with Gasteiger partial charge in [-0.2, -0.15) is 0 Å². The Bertz CT molecular complexity index is 609. The second kappa shape index (κ2) is 8.52. The highest BCUT2D eigenvalue weighted by molar-refractivity contribution is 5.78. The number of rotatable bonds is 8. The predicted octanol–water partition coefficient (Wildman–Crippen LogP) is 4.85. The molecule has 0 amide bonds. The van der Waals surface area contributed by atoms with Crippen molar-refractivity contribution in [1.29, 1.82) is 0 Å². The molecule has 0 saturated heterocycles. The third-order valence-corrected chi connectivity index (χ3v) is 3.85. The molecule has 1 atom stereocenters. The van der Waals surface area contributed by atoms with Gasteiger partial charge < -0.3 is 4.74 Å². The molecule has 0 spiro atoms. The summed E-state index contributed by atoms with van der Waals surface area (Å²) in [7, 11) is 0. The Kier molecular flexibility index (Phi) is 6.38. The van der Waals surface area contributed by atoms with Crippen LogP contribution in [0.3, 0.4) is 0 Å². The first-order valence-corrected chi connectivity index (χ1v) is 8.26. The van der Waals surface area contributed by atoms with Crippen LogP contribution in [0.2, 0.25) is 0 Å². The fraction of sp³-hybridized carbons (Fsp3) is 0.474. The summed E-state index contributed by atoms with van der Waals surface area (Å²) in [6.07, 6.45) is 4.37. The van der Waals surface area contributed by atoms with Crippen LogP contribution < -0.4 is 0 Å². The minimum atomic E-state index is -0.109. The normalized spacial score (nSPS) is 12.3. The van der Waals surface area contributed by atoms with Gasteiger partial charge in [0.05, 0.1) is 18.5 Å². The lowest BCUT2D eigenvalue weighted by molar-refractivity contribution is -0.144. The molecule has 0 radical (unpaired) electrons. The molecule has 0 bridgehead atoms. The lowest BCUT2D eigenvalue weighted by Crippen LogP contribution is -2.12. The molecule has 0 aliphatic heterocycles. The highest BCUT2D eigenvalue weighted by Gasteiger charge is 2.18. The molecule has 0 N–H and O–H groups in total. The van der Waals surface area contributed by atoms with Gasteiger partial charge in [0.25, 0.3) is 0 Å². The molecular formula is C19H25NO2. The van der Waals surface area contributed by atoms with Crippen molar-refractivity contribution >= 4 is 16.9 Å². The first-order chi connectivity index (χ1) is 10.7. The quantitative estimate of drug-likeness (QED) is 0.516. The molecule has 1 heterocycles. The van der Waals surface area contributed by atoms with E-state index >= 15 is 0 Å². The maximum Gasteiger partial charge on any atom is 0.306 e. The molecule has 2 aromatic rings. The first kappa shape index (κ1) is 16.5. The summed E-state index contributed by atoms with van der Waals surface area (Å²) in [5.41, 5.74) is 1.98. The number of aromatic nitrogens is 1. The molecule has 1 aromatic carbocycles. The van der Waals surface area contributed by atoms with Crippen LogP contribution in [0.25, 0.3) is 10.9 Å². The number of para-hydroxylation sites is 1. The van der Waals surface area contributed by atoms with E-state index in [0.29, 0.717) is 13.0 Å². The summed E-state index contributed by atoms with van der Waals surface area (Å²) < 4.78 is 5.30. The highest BCUT2D eigenvalue weighted by atomic mass is 16.5. The topological polar surface area (TPSA) is 39.2 Å². The number of hydrogen-bond acceptors (Lipinski definition) is 3. The molecule has 2 rings (SSSR count). The van der Waals surface area contributed by atoms with Crippen LogP contribution in [0, 0.1) is 0 Å². The summed E-state index contributed by atoms with van der Waals surface area (Å²) in [5, 5.41) is 1.13. The zero-order chi connectivity index (χ0) is 15.8. The smallest absolute Gasteiger partial charge is 0.306 e. The number of nitrogens with zero attached hydrogens (tertiary/aromatic N) is 1. The molecule has 3 heteroatoms. The molecule has 22 heavy (non-hydrogen) atoms. The van der Waals surface area contributed by atoms with Gasteiger partial charge in [0.15, 0.2) is 0 Å². The fourth-order valence-corrected chi connectivity index (χ4v) is 2.60. The van der Waals surface area contributed by atoms with Gasteiger partial charge in [-0.1, -0.05) is 51.0 Å². The standard InChI is InChI=1S/C19H25NO2/c1-3-5-13-22-19(21)14-16(8-4-2)18-12-11-15-9-6-7-10-17(15)20-18/h6-7,9-12,16H,3-5,8,13-14H2,1-2H3. The third kappa shape index (κ3) is 4.55. The van der Waals surface area contributed by atoms with Gasteiger partial charge in [0.1, 0.15) is 0 Å². The average Bonchev–Trinajstić information content (AvgIpc) is 2.54. The van der Waals surface area contributed by atoms with Gasteiger partial charge in [-0.05, 0) is 25.0 Å². The lowest BCUT2D eigenvalue weighted by Gasteiger charge is -2.15. The largest absolute Gasteiger partial charge is 0.466 e. The van der Waals surface area contributed by atoms with Crippen LogP contribution >= 0.6 is 0 Å². The number of unbranched alkanes of at least 4 members (excludes halogenated alkanes) is 1. The number of benzene rings is 1. The Morgan fingerprint density at radius 3 is 2.73 bits per heavy atom.